The van der Waals surface area contributed by atoms with Gasteiger partial charge in [-0.05, 0) is 30.7 Å². The number of nitriles is 1. The van der Waals surface area contributed by atoms with Crippen LogP contribution in [0.1, 0.15) is 31.7 Å². The van der Waals surface area contributed by atoms with Crippen LogP contribution in [0.15, 0.2) is 53.6 Å². The van der Waals surface area contributed by atoms with Crippen LogP contribution in [0.25, 0.3) is 5.57 Å². The number of fused-ring (bicyclic) bond motifs is 1. The molecular formula is C20H23N3OS. The zero-order chi connectivity index (χ0) is 18.2. The van der Waals surface area contributed by atoms with E-state index in [0.29, 0.717) is 11.3 Å². The van der Waals surface area contributed by atoms with Crippen LogP contribution < -0.4 is 0 Å². The molecule has 1 aromatic heterocycles. The third-order valence-corrected chi connectivity index (χ3v) is 4.40. The van der Waals surface area contributed by atoms with E-state index in [1.165, 1.54) is 6.21 Å². The van der Waals surface area contributed by atoms with Crippen molar-refractivity contribution in [2.45, 2.75) is 32.3 Å². The van der Waals surface area contributed by atoms with Gasteiger partial charge >= 0.3 is 0 Å². The largest absolute Gasteiger partial charge is 0.488 e. The molecule has 0 saturated heterocycles. The number of aromatic nitrogens is 1. The van der Waals surface area contributed by atoms with Gasteiger partial charge in [0.25, 0.3) is 0 Å². The number of hydrogen-bond acceptors (Lipinski definition) is 5. The summed E-state index contributed by atoms with van der Waals surface area (Å²) in [6.07, 6.45) is 13.1. The molecule has 1 saturated carbocycles. The van der Waals surface area contributed by atoms with Gasteiger partial charge in [-0.15, -0.1) is 0 Å². The Morgan fingerprint density at radius 1 is 1.48 bits per heavy atom. The molecule has 2 heterocycles. The highest BCUT2D eigenvalue weighted by atomic mass is 32.1. The lowest BCUT2D eigenvalue weighted by Crippen LogP contribution is -2.10. The average molecular weight is 353 g/mol. The lowest BCUT2D eigenvalue weighted by Gasteiger charge is -2.08. The van der Waals surface area contributed by atoms with E-state index in [1.807, 2.05) is 12.1 Å². The fourth-order valence-corrected chi connectivity index (χ4v) is 3.34. The highest BCUT2D eigenvalue weighted by molar-refractivity contribution is 7.79. The summed E-state index contributed by atoms with van der Waals surface area (Å²) in [5.41, 5.74) is 3.80. The van der Waals surface area contributed by atoms with Gasteiger partial charge in [0.05, 0.1) is 17.9 Å². The third kappa shape index (κ3) is 4.02. The molecule has 0 bridgehead atoms. The molecule has 5 heteroatoms. The van der Waals surface area contributed by atoms with Gasteiger partial charge in [-0.25, -0.2) is 0 Å². The fourth-order valence-electron chi connectivity index (χ4n) is 3.34. The molecule has 0 radical (unpaired) electrons. The van der Waals surface area contributed by atoms with E-state index >= 15 is 0 Å². The minimum absolute atomic E-state index is 0.0399. The molecule has 1 fully saturated rings. The molecule has 2 unspecified atom stereocenters. The molecule has 0 spiro atoms. The normalized spacial score (nSPS) is 23.4. The molecule has 2 aliphatic rings. The van der Waals surface area contributed by atoms with Crippen LogP contribution in [-0.4, -0.2) is 23.6 Å². The highest BCUT2D eigenvalue weighted by Gasteiger charge is 2.41. The minimum Gasteiger partial charge on any atom is -0.488 e. The van der Waals surface area contributed by atoms with Crippen LogP contribution in [0.5, 0.6) is 0 Å². The summed E-state index contributed by atoms with van der Waals surface area (Å²) in [6.45, 7) is 2.09. The van der Waals surface area contributed by atoms with Gasteiger partial charge in [0, 0.05) is 35.9 Å². The van der Waals surface area contributed by atoms with Crippen molar-refractivity contribution in [3.8, 4) is 6.07 Å². The maximum Gasteiger partial charge on any atom is 0.140 e. The summed E-state index contributed by atoms with van der Waals surface area (Å²) < 4.78 is 5.93. The molecule has 0 aromatic carbocycles. The number of pyridine rings is 1. The summed E-state index contributed by atoms with van der Waals surface area (Å²) in [6, 6.07) is 6.11. The second-order valence-electron chi connectivity index (χ2n) is 5.78. The molecular weight excluding hydrogens is 330 g/mol. The summed E-state index contributed by atoms with van der Waals surface area (Å²) in [5.74, 6) is 0.910. The summed E-state index contributed by atoms with van der Waals surface area (Å²) in [5, 5.41) is 17.1. The Balaban J connectivity index is 0.00000109. The Bertz CT molecular complexity index is 744. The molecule has 25 heavy (non-hydrogen) atoms. The number of rotatable bonds is 4. The van der Waals surface area contributed by atoms with Gasteiger partial charge in [-0.2, -0.15) is 17.9 Å². The molecule has 1 aliphatic heterocycles. The topological polar surface area (TPSA) is 69.8 Å². The van der Waals surface area contributed by atoms with E-state index in [0.717, 1.165) is 36.0 Å². The molecule has 4 nitrogen and oxygen atoms in total. The third-order valence-electron chi connectivity index (χ3n) is 4.40. The van der Waals surface area contributed by atoms with Crippen LogP contribution in [0.3, 0.4) is 0 Å². The van der Waals surface area contributed by atoms with Crippen molar-refractivity contribution < 1.29 is 4.74 Å². The Kier molecular flexibility index (Phi) is 7.03. The number of allylic oxidation sites excluding steroid dienone is 4. The molecule has 3 rings (SSSR count). The average Bonchev–Trinajstić information content (AvgIpc) is 3.21. The van der Waals surface area contributed by atoms with E-state index in [9.17, 15) is 5.26 Å². The smallest absolute Gasteiger partial charge is 0.140 e. The highest BCUT2D eigenvalue weighted by Crippen LogP contribution is 2.46. The van der Waals surface area contributed by atoms with Crippen molar-refractivity contribution in [2.24, 2.45) is 5.92 Å². The predicted octanol–water partition coefficient (Wildman–Crippen LogP) is 4.58. The van der Waals surface area contributed by atoms with E-state index in [4.69, 9.17) is 10.1 Å². The second-order valence-corrected chi connectivity index (χ2v) is 5.78. The van der Waals surface area contributed by atoms with Crippen molar-refractivity contribution in [1.82, 2.24) is 4.98 Å². The van der Waals surface area contributed by atoms with Crippen LogP contribution in [0.2, 0.25) is 0 Å². The number of nitrogens with one attached hydrogen (secondary N) is 1. The van der Waals surface area contributed by atoms with Crippen molar-refractivity contribution in [2.75, 3.05) is 6.26 Å². The van der Waals surface area contributed by atoms with Gasteiger partial charge in [0.1, 0.15) is 11.9 Å². The Labute approximate surface area is 154 Å². The first-order valence-corrected chi connectivity index (χ1v) is 9.23. The maximum absolute atomic E-state index is 9.57. The van der Waals surface area contributed by atoms with Gasteiger partial charge < -0.3 is 10.1 Å². The molecule has 0 amide bonds. The standard InChI is InChI=1S/C19H19N3O.CH4S/c1-2-3-6-15-16-8-14(9-18(16)23-19(15)11-21)17(10-20)13-5-4-7-22-12-13;1-2/h3-7,11-12,16,18,21H,2,8-9H2,1H3;2H,1H3/b6-3-,17-14-,21-11?;. The molecule has 1 N–H and O–H groups in total. The zero-order valence-electron chi connectivity index (χ0n) is 14.6. The lowest BCUT2D eigenvalue weighted by molar-refractivity contribution is 0.144. The molecule has 1 aromatic rings. The zero-order valence-corrected chi connectivity index (χ0v) is 15.5. The van der Waals surface area contributed by atoms with Gasteiger partial charge in [-0.3, -0.25) is 4.98 Å². The molecule has 1 aliphatic carbocycles. The number of ether oxygens (including phenoxy) is 1. The second kappa shape index (κ2) is 9.24. The monoisotopic (exact) mass is 353 g/mol. The minimum atomic E-state index is 0.0399. The number of thiol groups is 1. The Morgan fingerprint density at radius 3 is 2.88 bits per heavy atom. The Morgan fingerprint density at radius 2 is 2.28 bits per heavy atom. The van der Waals surface area contributed by atoms with Crippen LogP contribution in [0, 0.1) is 22.7 Å². The Hall–Kier alpha value is -2.32. The summed E-state index contributed by atoms with van der Waals surface area (Å²) in [4.78, 5) is 4.11. The van der Waals surface area contributed by atoms with Crippen LogP contribution in [0.4, 0.5) is 0 Å². The fraction of sp³-hybridized carbons (Fsp3) is 0.350. The van der Waals surface area contributed by atoms with Crippen molar-refractivity contribution in [1.29, 1.82) is 10.7 Å². The van der Waals surface area contributed by atoms with Gasteiger partial charge in [-0.1, -0.05) is 25.1 Å². The summed E-state index contributed by atoms with van der Waals surface area (Å²) >= 11 is 3.53. The SMILES string of the molecule is CC/C=C\C1=C(C=N)OC2C/C(=C(/C#N)c3cccnc3)CC12.CS. The van der Waals surface area contributed by atoms with Crippen molar-refractivity contribution >= 4 is 24.4 Å². The predicted molar refractivity (Wildman–Crippen MR) is 105 cm³/mol. The first kappa shape index (κ1) is 19.0. The lowest BCUT2D eigenvalue weighted by atomic mass is 9.94. The first-order valence-electron chi connectivity index (χ1n) is 8.33. The van der Waals surface area contributed by atoms with Gasteiger partial charge in [0.15, 0.2) is 0 Å². The summed E-state index contributed by atoms with van der Waals surface area (Å²) in [7, 11) is 0. The molecule has 2 atom stereocenters. The maximum atomic E-state index is 9.57. The van der Waals surface area contributed by atoms with Gasteiger partial charge in [0.2, 0.25) is 0 Å². The number of nitrogens with zero attached hydrogens (tertiary/aromatic N) is 2. The number of hydrogen-bond donors (Lipinski definition) is 2. The van der Waals surface area contributed by atoms with E-state index in [-0.39, 0.29) is 12.0 Å². The van der Waals surface area contributed by atoms with E-state index in [1.54, 1.807) is 18.6 Å². The van der Waals surface area contributed by atoms with E-state index < -0.39 is 0 Å². The quantitative estimate of drug-likeness (QED) is 0.473. The van der Waals surface area contributed by atoms with Crippen molar-refractivity contribution in [3.05, 3.63) is 59.1 Å². The first-order chi connectivity index (χ1) is 12.3. The van der Waals surface area contributed by atoms with Crippen LogP contribution >= 0.6 is 12.6 Å². The van der Waals surface area contributed by atoms with Crippen molar-refractivity contribution in [3.63, 3.8) is 0 Å². The van der Waals surface area contributed by atoms with Crippen LogP contribution in [-0.2, 0) is 4.74 Å². The van der Waals surface area contributed by atoms with E-state index in [2.05, 4.69) is 42.8 Å². The molecule has 130 valence electrons.